The highest BCUT2D eigenvalue weighted by atomic mass is 16.3. The second-order valence-corrected chi connectivity index (χ2v) is 11.4. The van der Waals surface area contributed by atoms with Gasteiger partial charge in [-0.05, 0) is 86.7 Å². The maximum absolute atomic E-state index is 12.6. The maximum atomic E-state index is 12.6. The third-order valence-corrected chi connectivity index (χ3v) is 8.49. The first-order valence-corrected chi connectivity index (χ1v) is 12.2. The Balaban J connectivity index is 1.75. The van der Waals surface area contributed by atoms with Gasteiger partial charge in [0.2, 0.25) is 0 Å². The van der Waals surface area contributed by atoms with E-state index < -0.39 is 23.9 Å². The summed E-state index contributed by atoms with van der Waals surface area (Å²) in [5, 5.41) is 40.3. The highest BCUT2D eigenvalue weighted by Gasteiger charge is 2.51. The van der Waals surface area contributed by atoms with E-state index in [-0.39, 0.29) is 23.5 Å². The van der Waals surface area contributed by atoms with Crippen molar-refractivity contribution >= 4 is 5.78 Å². The van der Waals surface area contributed by atoms with E-state index in [2.05, 4.69) is 32.6 Å². The lowest BCUT2D eigenvalue weighted by atomic mass is 9.60. The van der Waals surface area contributed by atoms with Gasteiger partial charge in [-0.3, -0.25) is 4.79 Å². The molecule has 0 aromatic heterocycles. The number of hydrogen-bond acceptors (Lipinski definition) is 5. The zero-order valence-electron chi connectivity index (χ0n) is 20.2. The molecule has 2 unspecified atom stereocenters. The number of allylic oxidation sites excluding steroid dienone is 3. The fourth-order valence-corrected chi connectivity index (χ4v) is 6.64. The summed E-state index contributed by atoms with van der Waals surface area (Å²) in [4.78, 5) is 12.6. The number of ketones is 1. The van der Waals surface area contributed by atoms with Gasteiger partial charge < -0.3 is 20.4 Å². The second-order valence-electron chi connectivity index (χ2n) is 11.4. The van der Waals surface area contributed by atoms with Crippen molar-refractivity contribution in [1.82, 2.24) is 0 Å². The van der Waals surface area contributed by atoms with E-state index in [9.17, 15) is 25.2 Å². The molecule has 0 bridgehead atoms. The second kappa shape index (κ2) is 9.54. The number of carbonyl (C=O) groups excluding carboxylic acids is 1. The Hall–Kier alpha value is -1.27. The Labute approximate surface area is 192 Å². The first-order valence-electron chi connectivity index (χ1n) is 12.2. The number of Topliss-reactive ketones (excluding diaryl/α,β-unsaturated/α-hetero) is 1. The third kappa shape index (κ3) is 5.11. The van der Waals surface area contributed by atoms with E-state index in [4.69, 9.17) is 0 Å². The summed E-state index contributed by atoms with van der Waals surface area (Å²) in [6, 6.07) is 0. The van der Waals surface area contributed by atoms with Crippen molar-refractivity contribution in [2.24, 2.45) is 23.2 Å². The first kappa shape index (κ1) is 25.4. The summed E-state index contributed by atoms with van der Waals surface area (Å²) < 4.78 is 0. The van der Waals surface area contributed by atoms with Crippen LogP contribution in [0.5, 0.6) is 0 Å². The summed E-state index contributed by atoms with van der Waals surface area (Å²) >= 11 is 0. The van der Waals surface area contributed by atoms with Crippen LogP contribution in [0.3, 0.4) is 0 Å². The number of aliphatic hydroxyl groups excluding tert-OH is 3. The summed E-state index contributed by atoms with van der Waals surface area (Å²) in [5.41, 5.74) is 1.77. The fourth-order valence-electron chi connectivity index (χ4n) is 6.64. The number of aliphatic hydroxyl groups is 4. The smallest absolute Gasteiger partial charge is 0.164 e. The zero-order valence-corrected chi connectivity index (χ0v) is 20.2. The summed E-state index contributed by atoms with van der Waals surface area (Å²) in [5.74, 6) is 0.730. The van der Waals surface area contributed by atoms with Gasteiger partial charge in [0.05, 0.1) is 17.8 Å². The number of hydrogen-bond donors (Lipinski definition) is 4. The quantitative estimate of drug-likeness (QED) is 0.497. The molecule has 3 rings (SSSR count). The normalized spacial score (nSPS) is 38.1. The van der Waals surface area contributed by atoms with Crippen molar-refractivity contribution < 1.29 is 25.2 Å². The molecule has 3 fully saturated rings. The molecule has 32 heavy (non-hydrogen) atoms. The Morgan fingerprint density at radius 2 is 1.97 bits per heavy atom. The highest BCUT2D eigenvalue weighted by molar-refractivity contribution is 5.84. The molecule has 4 N–H and O–H groups in total. The minimum absolute atomic E-state index is 0.116. The minimum atomic E-state index is -1.42. The van der Waals surface area contributed by atoms with Gasteiger partial charge in [0.25, 0.3) is 0 Å². The molecule has 180 valence electrons. The van der Waals surface area contributed by atoms with E-state index in [1.807, 2.05) is 0 Å². The molecule has 0 aromatic carbocycles. The highest BCUT2D eigenvalue weighted by Crippen LogP contribution is 2.59. The van der Waals surface area contributed by atoms with E-state index in [0.717, 1.165) is 37.7 Å². The molecular weight excluding hydrogens is 404 g/mol. The SMILES string of the molecule is C=C1C(=CC=C2CCC[C@@]3(C)C2CC[C@@H]3[C@H](C)CC(=O)C(O)C(C)(C)O)C[C@@H](O)C[C@@H]1O. The molecule has 5 heteroatoms. The average molecular weight is 447 g/mol. The van der Waals surface area contributed by atoms with Crippen LogP contribution in [0.1, 0.15) is 79.1 Å². The molecule has 7 atom stereocenters. The standard InChI is InChI=1S/C27H42O5/c1-16(13-24(30)25(31)26(3,4)32)21-10-11-22-18(7-6-12-27(21,22)5)8-9-19-14-20(28)15-23(29)17(19)2/h8-9,16,20-23,25,28-29,31-32H,2,6-7,10-15H2,1,3-5H3/t16-,20-,21-,22?,23+,25?,27-/m1/s1. The first-order chi connectivity index (χ1) is 14.8. The van der Waals surface area contributed by atoms with Crippen molar-refractivity contribution in [2.45, 2.75) is 103 Å². The lowest BCUT2D eigenvalue weighted by Gasteiger charge is -2.44. The van der Waals surface area contributed by atoms with Crippen LogP contribution >= 0.6 is 0 Å². The van der Waals surface area contributed by atoms with Gasteiger partial charge in [0.15, 0.2) is 5.78 Å². The van der Waals surface area contributed by atoms with Crippen molar-refractivity contribution in [1.29, 1.82) is 0 Å². The van der Waals surface area contributed by atoms with Gasteiger partial charge in [-0.2, -0.15) is 0 Å². The predicted molar refractivity (Wildman–Crippen MR) is 126 cm³/mol. The van der Waals surface area contributed by atoms with Gasteiger partial charge in [0.1, 0.15) is 6.10 Å². The van der Waals surface area contributed by atoms with Crippen LogP contribution in [0.25, 0.3) is 0 Å². The van der Waals surface area contributed by atoms with E-state index >= 15 is 0 Å². The van der Waals surface area contributed by atoms with Crippen LogP contribution in [0.2, 0.25) is 0 Å². The summed E-state index contributed by atoms with van der Waals surface area (Å²) in [6.45, 7) is 11.4. The zero-order chi connectivity index (χ0) is 23.8. The molecule has 0 saturated heterocycles. The number of carbonyl (C=O) groups is 1. The summed E-state index contributed by atoms with van der Waals surface area (Å²) in [7, 11) is 0. The third-order valence-electron chi connectivity index (χ3n) is 8.49. The molecule has 0 heterocycles. The molecule has 0 aliphatic heterocycles. The number of fused-ring (bicyclic) bond motifs is 1. The lowest BCUT2D eigenvalue weighted by Crippen LogP contribution is -2.43. The maximum Gasteiger partial charge on any atom is 0.164 e. The predicted octanol–water partition coefficient (Wildman–Crippen LogP) is 3.85. The Morgan fingerprint density at radius 1 is 1.28 bits per heavy atom. The van der Waals surface area contributed by atoms with E-state index in [1.54, 1.807) is 0 Å². The Bertz CT molecular complexity index is 788. The van der Waals surface area contributed by atoms with Crippen LogP contribution in [0.15, 0.2) is 35.5 Å². The number of rotatable bonds is 6. The monoisotopic (exact) mass is 446 g/mol. The molecular formula is C27H42O5. The van der Waals surface area contributed by atoms with E-state index in [0.29, 0.717) is 30.3 Å². The molecule has 5 nitrogen and oxygen atoms in total. The van der Waals surface area contributed by atoms with Gasteiger partial charge in [-0.25, -0.2) is 0 Å². The summed E-state index contributed by atoms with van der Waals surface area (Å²) in [6.07, 6.45) is 8.33. The lowest BCUT2D eigenvalue weighted by molar-refractivity contribution is -0.141. The minimum Gasteiger partial charge on any atom is -0.393 e. The molecule has 0 spiro atoms. The van der Waals surface area contributed by atoms with Crippen LogP contribution in [-0.2, 0) is 4.79 Å². The molecule has 3 aliphatic rings. The van der Waals surface area contributed by atoms with Gasteiger partial charge >= 0.3 is 0 Å². The largest absolute Gasteiger partial charge is 0.393 e. The van der Waals surface area contributed by atoms with Gasteiger partial charge in [0, 0.05) is 12.8 Å². The van der Waals surface area contributed by atoms with Gasteiger partial charge in [-0.15, -0.1) is 0 Å². The molecule has 3 aliphatic carbocycles. The fraction of sp³-hybridized carbons (Fsp3) is 0.741. The average Bonchev–Trinajstić information content (AvgIpc) is 3.05. The topological polar surface area (TPSA) is 98.0 Å². The Morgan fingerprint density at radius 3 is 2.62 bits per heavy atom. The molecule has 0 aromatic rings. The van der Waals surface area contributed by atoms with E-state index in [1.165, 1.54) is 19.4 Å². The Kier molecular flexibility index (Phi) is 7.56. The molecule has 0 amide bonds. The van der Waals surface area contributed by atoms with Crippen molar-refractivity contribution in [3.63, 3.8) is 0 Å². The van der Waals surface area contributed by atoms with Crippen LogP contribution in [0, 0.1) is 23.2 Å². The van der Waals surface area contributed by atoms with Crippen molar-refractivity contribution in [3.05, 3.63) is 35.5 Å². The molecule has 3 saturated carbocycles. The van der Waals surface area contributed by atoms with Crippen LogP contribution in [0.4, 0.5) is 0 Å². The van der Waals surface area contributed by atoms with Gasteiger partial charge in [-0.1, -0.05) is 38.2 Å². The van der Waals surface area contributed by atoms with Crippen LogP contribution in [-0.4, -0.2) is 50.1 Å². The van der Waals surface area contributed by atoms with Crippen LogP contribution < -0.4 is 0 Å². The molecule has 0 radical (unpaired) electrons. The van der Waals surface area contributed by atoms with Crippen molar-refractivity contribution in [2.75, 3.05) is 0 Å². The van der Waals surface area contributed by atoms with Crippen molar-refractivity contribution in [3.8, 4) is 0 Å².